The number of carbonyl (C=O) groups is 2. The van der Waals surface area contributed by atoms with Crippen molar-refractivity contribution in [2.45, 2.75) is 25.8 Å². The topological polar surface area (TPSA) is 83.6 Å². The molecule has 168 valence electrons. The van der Waals surface area contributed by atoms with Crippen molar-refractivity contribution in [2.24, 2.45) is 0 Å². The zero-order valence-corrected chi connectivity index (χ0v) is 19.6. The number of hydrogen-bond acceptors (Lipinski definition) is 4. The van der Waals surface area contributed by atoms with E-state index in [4.69, 9.17) is 28.9 Å². The second kappa shape index (κ2) is 8.93. The lowest BCUT2D eigenvalue weighted by Gasteiger charge is -2.28. The van der Waals surface area contributed by atoms with Crippen LogP contribution in [0.25, 0.3) is 0 Å². The first kappa shape index (κ1) is 22.9. The highest BCUT2D eigenvalue weighted by Gasteiger charge is 2.44. The number of nitrogens with two attached hydrogens (primary N) is 1. The van der Waals surface area contributed by atoms with Gasteiger partial charge in [-0.25, -0.2) is 0 Å². The van der Waals surface area contributed by atoms with Crippen LogP contribution in [0.3, 0.4) is 0 Å². The lowest BCUT2D eigenvalue weighted by molar-refractivity contribution is -0.117. The van der Waals surface area contributed by atoms with E-state index in [9.17, 15) is 14.7 Å². The van der Waals surface area contributed by atoms with Gasteiger partial charge < -0.3 is 10.8 Å². The summed E-state index contributed by atoms with van der Waals surface area (Å²) in [5, 5.41) is 11.5. The molecule has 1 aliphatic rings. The summed E-state index contributed by atoms with van der Waals surface area (Å²) in [6.07, 6.45) is 0. The molecular weight excluding hydrogens is 459 g/mol. The average Bonchev–Trinajstić information content (AvgIpc) is 3.06. The fraction of sp³-hybridized carbons (Fsp3) is 0.154. The fourth-order valence-electron chi connectivity index (χ4n) is 3.97. The highest BCUT2D eigenvalue weighted by Crippen LogP contribution is 2.43. The molecule has 0 saturated carbocycles. The number of Topliss-reactive ketones (excluding diaryl/α,β-unsaturated/α-hetero) is 1. The number of rotatable bonds is 5. The van der Waals surface area contributed by atoms with Crippen LogP contribution in [0.2, 0.25) is 10.0 Å². The van der Waals surface area contributed by atoms with Gasteiger partial charge in [-0.2, -0.15) is 0 Å². The Morgan fingerprint density at radius 1 is 1.00 bits per heavy atom. The Morgan fingerprint density at radius 2 is 1.73 bits per heavy atom. The van der Waals surface area contributed by atoms with Crippen molar-refractivity contribution in [1.29, 1.82) is 0 Å². The first-order valence-electron chi connectivity index (χ1n) is 10.4. The van der Waals surface area contributed by atoms with Crippen LogP contribution < -0.4 is 10.6 Å². The summed E-state index contributed by atoms with van der Waals surface area (Å²) < 4.78 is 0. The molecule has 1 amide bonds. The van der Waals surface area contributed by atoms with Gasteiger partial charge in [-0.05, 0) is 53.4 Å². The highest BCUT2D eigenvalue weighted by molar-refractivity contribution is 6.42. The molecule has 4 rings (SSSR count). The lowest BCUT2D eigenvalue weighted by atomic mass is 9.92. The van der Waals surface area contributed by atoms with Crippen LogP contribution in [-0.4, -0.2) is 16.8 Å². The van der Waals surface area contributed by atoms with Crippen LogP contribution in [0.4, 0.5) is 11.4 Å². The molecule has 5 nitrogen and oxygen atoms in total. The minimum atomic E-state index is -0.899. The molecule has 0 aromatic heterocycles. The number of ketones is 1. The molecular formula is C26H22Cl2N2O3. The van der Waals surface area contributed by atoms with E-state index in [0.717, 1.165) is 5.56 Å². The number of nitrogen functional groups attached to an aromatic ring is 1. The third kappa shape index (κ3) is 4.22. The molecule has 0 bridgehead atoms. The van der Waals surface area contributed by atoms with Crippen molar-refractivity contribution in [1.82, 2.24) is 0 Å². The van der Waals surface area contributed by atoms with E-state index in [1.165, 1.54) is 11.0 Å². The van der Waals surface area contributed by atoms with Crippen LogP contribution in [-0.2, 0) is 4.79 Å². The van der Waals surface area contributed by atoms with Crippen molar-refractivity contribution in [3.63, 3.8) is 0 Å². The van der Waals surface area contributed by atoms with Crippen molar-refractivity contribution in [3.05, 3.63) is 105 Å². The Bertz CT molecular complexity index is 1300. The van der Waals surface area contributed by atoms with Crippen molar-refractivity contribution >= 4 is 46.3 Å². The van der Waals surface area contributed by atoms with Crippen LogP contribution in [0, 0.1) is 0 Å². The smallest absolute Gasteiger partial charge is 0.294 e. The number of amides is 1. The maximum atomic E-state index is 13.5. The molecule has 0 spiro atoms. The van der Waals surface area contributed by atoms with Gasteiger partial charge in [0, 0.05) is 16.9 Å². The standard InChI is InChI=1S/C26H22Cl2N2O3/c1-14(2)15-5-4-8-19(12-15)30-23(16-9-10-20(27)21(28)13-16)22(25(32)26(30)33)24(31)17-6-3-7-18(29)11-17/h3-14,23,32H,29H2,1-2H3. The normalized spacial score (nSPS) is 16.1. The average molecular weight is 481 g/mol. The van der Waals surface area contributed by atoms with E-state index < -0.39 is 23.5 Å². The van der Waals surface area contributed by atoms with Gasteiger partial charge in [-0.1, -0.05) is 67.4 Å². The third-order valence-corrected chi connectivity index (χ3v) is 6.42. The van der Waals surface area contributed by atoms with E-state index in [1.807, 2.05) is 32.0 Å². The van der Waals surface area contributed by atoms with E-state index in [-0.39, 0.29) is 22.1 Å². The molecule has 1 unspecified atom stereocenters. The van der Waals surface area contributed by atoms with Crippen molar-refractivity contribution < 1.29 is 14.7 Å². The molecule has 0 saturated heterocycles. The summed E-state index contributed by atoms with van der Waals surface area (Å²) in [5.74, 6) is -1.54. The number of aliphatic hydroxyl groups excluding tert-OH is 1. The van der Waals surface area contributed by atoms with Crippen LogP contribution in [0.15, 0.2) is 78.1 Å². The quantitative estimate of drug-likeness (QED) is 0.323. The van der Waals surface area contributed by atoms with E-state index in [1.54, 1.807) is 42.5 Å². The minimum Gasteiger partial charge on any atom is -0.503 e. The molecule has 33 heavy (non-hydrogen) atoms. The molecule has 3 aromatic carbocycles. The Morgan fingerprint density at radius 3 is 2.39 bits per heavy atom. The van der Waals surface area contributed by atoms with Gasteiger partial charge in [0.15, 0.2) is 11.5 Å². The lowest BCUT2D eigenvalue weighted by Crippen LogP contribution is -2.31. The Kier molecular flexibility index (Phi) is 6.19. The monoisotopic (exact) mass is 480 g/mol. The first-order chi connectivity index (χ1) is 15.7. The molecule has 1 aliphatic heterocycles. The molecule has 0 fully saturated rings. The molecule has 3 aromatic rings. The van der Waals surface area contributed by atoms with E-state index in [2.05, 4.69) is 0 Å². The number of aliphatic hydroxyl groups is 1. The largest absolute Gasteiger partial charge is 0.503 e. The minimum absolute atomic E-state index is 0.0426. The van der Waals surface area contributed by atoms with E-state index >= 15 is 0 Å². The number of carbonyl (C=O) groups excluding carboxylic acids is 2. The van der Waals surface area contributed by atoms with Gasteiger partial charge >= 0.3 is 0 Å². The summed E-state index contributed by atoms with van der Waals surface area (Å²) in [6.45, 7) is 4.09. The van der Waals surface area contributed by atoms with Crippen molar-refractivity contribution in [2.75, 3.05) is 10.6 Å². The van der Waals surface area contributed by atoms with Gasteiger partial charge in [0.1, 0.15) is 0 Å². The second-order valence-electron chi connectivity index (χ2n) is 8.22. The number of benzene rings is 3. The number of anilines is 2. The van der Waals surface area contributed by atoms with Crippen LogP contribution in [0.5, 0.6) is 0 Å². The Labute approximate surface area is 202 Å². The van der Waals surface area contributed by atoms with Gasteiger partial charge in [0.25, 0.3) is 5.91 Å². The molecule has 0 radical (unpaired) electrons. The molecule has 1 heterocycles. The van der Waals surface area contributed by atoms with E-state index in [0.29, 0.717) is 22.0 Å². The summed E-state index contributed by atoms with van der Waals surface area (Å²) in [7, 11) is 0. The molecule has 0 aliphatic carbocycles. The predicted octanol–water partition coefficient (Wildman–Crippen LogP) is 6.48. The third-order valence-electron chi connectivity index (χ3n) is 5.68. The second-order valence-corrected chi connectivity index (χ2v) is 9.03. The summed E-state index contributed by atoms with van der Waals surface area (Å²) >= 11 is 12.4. The molecule has 3 N–H and O–H groups in total. The van der Waals surface area contributed by atoms with Crippen molar-refractivity contribution in [3.8, 4) is 0 Å². The maximum absolute atomic E-state index is 13.5. The summed E-state index contributed by atoms with van der Waals surface area (Å²) in [6, 6.07) is 17.9. The SMILES string of the molecule is CC(C)c1cccc(N2C(=O)C(O)=C(C(=O)c3cccc(N)c3)C2c2ccc(Cl)c(Cl)c2)c1. The maximum Gasteiger partial charge on any atom is 0.294 e. The number of halogens is 2. The number of hydrogen-bond donors (Lipinski definition) is 2. The van der Waals surface area contributed by atoms with Crippen LogP contribution >= 0.6 is 23.2 Å². The molecule has 7 heteroatoms. The Hall–Kier alpha value is -3.28. The molecule has 1 atom stereocenters. The fourth-order valence-corrected chi connectivity index (χ4v) is 4.28. The predicted molar refractivity (Wildman–Crippen MR) is 132 cm³/mol. The van der Waals surface area contributed by atoms with Gasteiger partial charge in [0.2, 0.25) is 0 Å². The summed E-state index contributed by atoms with van der Waals surface area (Å²) in [5.41, 5.74) is 8.61. The van der Waals surface area contributed by atoms with Gasteiger partial charge in [-0.3, -0.25) is 14.5 Å². The zero-order valence-electron chi connectivity index (χ0n) is 18.0. The van der Waals surface area contributed by atoms with Gasteiger partial charge in [-0.15, -0.1) is 0 Å². The zero-order chi connectivity index (χ0) is 23.9. The Balaban J connectivity index is 1.91. The summed E-state index contributed by atoms with van der Waals surface area (Å²) in [4.78, 5) is 28.3. The van der Waals surface area contributed by atoms with Crippen LogP contribution in [0.1, 0.15) is 47.3 Å². The number of nitrogens with zero attached hydrogens (tertiary/aromatic N) is 1. The highest BCUT2D eigenvalue weighted by atomic mass is 35.5. The first-order valence-corrected chi connectivity index (χ1v) is 11.2. The van der Waals surface area contributed by atoms with Gasteiger partial charge in [0.05, 0.1) is 21.7 Å².